The van der Waals surface area contributed by atoms with E-state index >= 15 is 0 Å². The maximum Gasteiger partial charge on any atom is 0.264 e. The molecule has 0 fully saturated rings. The summed E-state index contributed by atoms with van der Waals surface area (Å²) in [4.78, 5) is 12.8. The van der Waals surface area contributed by atoms with E-state index in [0.29, 0.717) is 22.8 Å². The van der Waals surface area contributed by atoms with Gasteiger partial charge in [-0.25, -0.2) is 13.8 Å². The van der Waals surface area contributed by atoms with Crippen molar-refractivity contribution in [3.8, 4) is 17.2 Å². The fraction of sp³-hybridized carbons (Fsp3) is 0.200. The molecule has 9 nitrogen and oxygen atoms in total. The van der Waals surface area contributed by atoms with Gasteiger partial charge in [0.15, 0.2) is 11.5 Å². The first-order chi connectivity index (χ1) is 16.8. The van der Waals surface area contributed by atoms with Crippen molar-refractivity contribution < 1.29 is 27.4 Å². The van der Waals surface area contributed by atoms with Gasteiger partial charge < -0.3 is 14.2 Å². The molecule has 0 spiro atoms. The van der Waals surface area contributed by atoms with Gasteiger partial charge in [-0.15, -0.1) is 0 Å². The summed E-state index contributed by atoms with van der Waals surface area (Å²) in [5, 5.41) is 3.94. The molecule has 10 heteroatoms. The molecule has 1 amide bonds. The molecule has 0 aliphatic rings. The molecule has 0 aliphatic heterocycles. The number of hydrogen-bond acceptors (Lipinski definition) is 7. The predicted molar refractivity (Wildman–Crippen MR) is 134 cm³/mol. The van der Waals surface area contributed by atoms with E-state index in [-0.39, 0.29) is 10.6 Å². The van der Waals surface area contributed by atoms with Crippen LogP contribution in [0.2, 0.25) is 0 Å². The normalized spacial score (nSPS) is 11.2. The smallest absolute Gasteiger partial charge is 0.264 e. The molecule has 3 rings (SSSR count). The van der Waals surface area contributed by atoms with Gasteiger partial charge in [-0.05, 0) is 48.9 Å². The van der Waals surface area contributed by atoms with Crippen LogP contribution in [0, 0.1) is 6.92 Å². The zero-order valence-corrected chi connectivity index (χ0v) is 20.7. The number of amides is 1. The molecule has 35 heavy (non-hydrogen) atoms. The van der Waals surface area contributed by atoms with Crippen LogP contribution in [0.25, 0.3) is 0 Å². The molecule has 0 unspecified atom stereocenters. The Morgan fingerprint density at radius 1 is 0.943 bits per heavy atom. The van der Waals surface area contributed by atoms with Gasteiger partial charge in [0.25, 0.3) is 15.9 Å². The van der Waals surface area contributed by atoms with Gasteiger partial charge in [-0.1, -0.05) is 29.8 Å². The molecule has 0 atom stereocenters. The van der Waals surface area contributed by atoms with Gasteiger partial charge in [0.2, 0.25) is 0 Å². The van der Waals surface area contributed by atoms with E-state index in [9.17, 15) is 13.2 Å². The quantitative estimate of drug-likeness (QED) is 0.340. The Balaban J connectivity index is 1.90. The first kappa shape index (κ1) is 25.6. The Bertz CT molecular complexity index is 1310. The van der Waals surface area contributed by atoms with Crippen LogP contribution in [0.15, 0.2) is 76.7 Å². The maximum atomic E-state index is 13.5. The minimum absolute atomic E-state index is 0.0468. The second-order valence-corrected chi connectivity index (χ2v) is 9.30. The first-order valence-corrected chi connectivity index (χ1v) is 12.0. The lowest BCUT2D eigenvalue weighted by Gasteiger charge is -2.24. The van der Waals surface area contributed by atoms with Crippen molar-refractivity contribution in [2.24, 2.45) is 5.10 Å². The fourth-order valence-electron chi connectivity index (χ4n) is 3.20. The summed E-state index contributed by atoms with van der Waals surface area (Å²) in [5.41, 5.74) is 4.22. The minimum atomic E-state index is -4.09. The lowest BCUT2D eigenvalue weighted by Crippen LogP contribution is -2.39. The Kier molecular flexibility index (Phi) is 8.32. The van der Waals surface area contributed by atoms with E-state index in [0.717, 1.165) is 9.87 Å². The zero-order chi connectivity index (χ0) is 25.4. The van der Waals surface area contributed by atoms with Gasteiger partial charge in [0, 0.05) is 6.07 Å². The molecule has 3 aromatic carbocycles. The monoisotopic (exact) mass is 497 g/mol. The number of nitrogens with zero attached hydrogens (tertiary/aromatic N) is 2. The summed E-state index contributed by atoms with van der Waals surface area (Å²) in [7, 11) is 0.385. The maximum absolute atomic E-state index is 13.5. The average Bonchev–Trinajstić information content (AvgIpc) is 2.87. The van der Waals surface area contributed by atoms with E-state index < -0.39 is 22.5 Å². The number of benzene rings is 3. The molecule has 3 aromatic rings. The van der Waals surface area contributed by atoms with Gasteiger partial charge in [-0.2, -0.15) is 5.10 Å². The molecule has 0 bridgehead atoms. The molecular weight excluding hydrogens is 470 g/mol. The molecular formula is C25H27N3O6S. The molecule has 184 valence electrons. The number of ether oxygens (including phenoxy) is 3. The van der Waals surface area contributed by atoms with Crippen molar-refractivity contribution in [1.82, 2.24) is 5.43 Å². The number of anilines is 1. The van der Waals surface area contributed by atoms with Crippen LogP contribution in [-0.4, -0.2) is 48.4 Å². The second kappa shape index (κ2) is 11.4. The number of carbonyl (C=O) groups is 1. The number of methoxy groups -OCH3 is 3. The fourth-order valence-corrected chi connectivity index (χ4v) is 4.61. The van der Waals surface area contributed by atoms with E-state index in [4.69, 9.17) is 14.2 Å². The van der Waals surface area contributed by atoms with Gasteiger partial charge >= 0.3 is 0 Å². The van der Waals surface area contributed by atoms with Crippen LogP contribution in [0.5, 0.6) is 17.2 Å². The molecule has 0 heterocycles. The van der Waals surface area contributed by atoms with E-state index in [1.54, 1.807) is 55.6 Å². The number of rotatable bonds is 10. The number of nitrogens with one attached hydrogen (secondary N) is 1. The van der Waals surface area contributed by atoms with Gasteiger partial charge in [0.1, 0.15) is 12.3 Å². The second-order valence-electron chi connectivity index (χ2n) is 7.43. The SMILES string of the molecule is COc1cccc(/C=N\NC(=O)CN(c2ccc(OC)c(OC)c2)S(=O)(=O)c2ccc(C)cc2)c1. The Hall–Kier alpha value is -4.05. The lowest BCUT2D eigenvalue weighted by molar-refractivity contribution is -0.119. The van der Waals surface area contributed by atoms with Crippen LogP contribution in [0.1, 0.15) is 11.1 Å². The summed E-state index contributed by atoms with van der Waals surface area (Å²) < 4.78 is 43.8. The molecule has 1 N–H and O–H groups in total. The van der Waals surface area contributed by atoms with Gasteiger partial charge in [-0.3, -0.25) is 9.10 Å². The summed E-state index contributed by atoms with van der Waals surface area (Å²) in [6, 6.07) is 18.1. The highest BCUT2D eigenvalue weighted by atomic mass is 32.2. The number of hydrazone groups is 1. The Morgan fingerprint density at radius 3 is 2.31 bits per heavy atom. The summed E-state index contributed by atoms with van der Waals surface area (Å²) in [6.45, 7) is 1.34. The zero-order valence-electron chi connectivity index (χ0n) is 19.9. The number of aryl methyl sites for hydroxylation is 1. The third-order valence-electron chi connectivity index (χ3n) is 5.05. The van der Waals surface area contributed by atoms with Gasteiger partial charge in [0.05, 0.1) is 38.1 Å². The predicted octanol–water partition coefficient (Wildman–Crippen LogP) is 3.37. The Labute approximate surface area is 205 Å². The van der Waals surface area contributed by atoms with Crippen LogP contribution in [0.3, 0.4) is 0 Å². The van der Waals surface area contributed by atoms with Crippen molar-refractivity contribution in [2.45, 2.75) is 11.8 Å². The van der Waals surface area contributed by atoms with Crippen LogP contribution >= 0.6 is 0 Å². The van der Waals surface area contributed by atoms with Crippen molar-refractivity contribution in [2.75, 3.05) is 32.2 Å². The lowest BCUT2D eigenvalue weighted by atomic mass is 10.2. The molecule has 0 radical (unpaired) electrons. The van der Waals surface area contributed by atoms with Crippen molar-refractivity contribution in [1.29, 1.82) is 0 Å². The molecule has 0 saturated heterocycles. The Morgan fingerprint density at radius 2 is 1.66 bits per heavy atom. The van der Waals surface area contributed by atoms with E-state index in [1.165, 1.54) is 38.6 Å². The van der Waals surface area contributed by atoms with Crippen molar-refractivity contribution in [3.63, 3.8) is 0 Å². The highest BCUT2D eigenvalue weighted by Gasteiger charge is 2.28. The minimum Gasteiger partial charge on any atom is -0.497 e. The highest BCUT2D eigenvalue weighted by Crippen LogP contribution is 2.33. The number of hydrogen-bond donors (Lipinski definition) is 1. The van der Waals surface area contributed by atoms with Crippen molar-refractivity contribution in [3.05, 3.63) is 77.9 Å². The average molecular weight is 498 g/mol. The third kappa shape index (κ3) is 6.30. The van der Waals surface area contributed by atoms with Crippen molar-refractivity contribution >= 4 is 27.8 Å². The molecule has 0 aliphatic carbocycles. The number of sulfonamides is 1. The molecule has 0 aromatic heterocycles. The van der Waals surface area contributed by atoms with E-state index in [2.05, 4.69) is 10.5 Å². The summed E-state index contributed by atoms with van der Waals surface area (Å²) in [5.74, 6) is 0.764. The topological polar surface area (TPSA) is 107 Å². The first-order valence-electron chi connectivity index (χ1n) is 10.6. The third-order valence-corrected chi connectivity index (χ3v) is 6.84. The highest BCUT2D eigenvalue weighted by molar-refractivity contribution is 7.92. The summed E-state index contributed by atoms with van der Waals surface area (Å²) in [6.07, 6.45) is 1.44. The van der Waals surface area contributed by atoms with Crippen LogP contribution < -0.4 is 23.9 Å². The number of carbonyl (C=O) groups excluding carboxylic acids is 1. The van der Waals surface area contributed by atoms with Crippen LogP contribution in [0.4, 0.5) is 5.69 Å². The largest absolute Gasteiger partial charge is 0.497 e. The van der Waals surface area contributed by atoms with Crippen LogP contribution in [-0.2, 0) is 14.8 Å². The molecule has 0 saturated carbocycles. The standard InChI is InChI=1S/C25H27N3O6S/c1-18-8-11-22(12-9-18)35(30,31)28(20-10-13-23(33-3)24(15-20)34-4)17-25(29)27-26-16-19-6-5-7-21(14-19)32-2/h5-16H,17H2,1-4H3,(H,27,29)/b26-16-. The van der Waals surface area contributed by atoms with E-state index in [1.807, 2.05) is 6.92 Å². The summed E-state index contributed by atoms with van der Waals surface area (Å²) >= 11 is 0.